The van der Waals surface area contributed by atoms with E-state index in [1.807, 2.05) is 19.1 Å². The first-order chi connectivity index (χ1) is 10.9. The normalized spacial score (nSPS) is 16.0. The minimum atomic E-state index is -0.301. The number of carbonyl (C=O) groups excluding carboxylic acids is 3. The molecular formula is C16H20ClN3O3. The lowest BCUT2D eigenvalue weighted by molar-refractivity contribution is -0.126. The average molecular weight is 338 g/mol. The molecule has 1 atom stereocenters. The molecule has 1 fully saturated rings. The maximum Gasteiger partial charge on any atom is 0.326 e. The predicted octanol–water partition coefficient (Wildman–Crippen LogP) is 2.19. The van der Waals surface area contributed by atoms with Gasteiger partial charge in [-0.25, -0.2) is 4.79 Å². The third-order valence-electron chi connectivity index (χ3n) is 3.76. The number of halogens is 1. The average Bonchev–Trinajstić information content (AvgIpc) is 2.74. The fraction of sp³-hybridized carbons (Fsp3) is 0.438. The van der Waals surface area contributed by atoms with Crippen molar-refractivity contribution in [3.63, 3.8) is 0 Å². The molecule has 0 aliphatic carbocycles. The van der Waals surface area contributed by atoms with Crippen LogP contribution in [0.5, 0.6) is 0 Å². The van der Waals surface area contributed by atoms with Gasteiger partial charge in [-0.1, -0.05) is 23.7 Å². The van der Waals surface area contributed by atoms with Crippen LogP contribution in [0.2, 0.25) is 5.02 Å². The van der Waals surface area contributed by atoms with Crippen molar-refractivity contribution < 1.29 is 14.4 Å². The third-order valence-corrected chi connectivity index (χ3v) is 4.02. The third kappa shape index (κ3) is 4.45. The molecule has 124 valence electrons. The highest BCUT2D eigenvalue weighted by Crippen LogP contribution is 2.16. The van der Waals surface area contributed by atoms with Gasteiger partial charge in [0.1, 0.15) is 6.54 Å². The molecule has 1 aliphatic rings. The molecule has 1 N–H and O–H groups in total. The highest BCUT2D eigenvalue weighted by atomic mass is 35.5. The molecule has 1 heterocycles. The van der Waals surface area contributed by atoms with Gasteiger partial charge >= 0.3 is 6.03 Å². The number of nitrogens with one attached hydrogen (secondary N) is 1. The molecule has 6 nitrogen and oxygen atoms in total. The second-order valence-electron chi connectivity index (χ2n) is 5.63. The first-order valence-electron chi connectivity index (χ1n) is 7.49. The molecule has 1 saturated heterocycles. The molecule has 0 spiro atoms. The maximum atomic E-state index is 12.0. The van der Waals surface area contributed by atoms with Gasteiger partial charge in [0.15, 0.2) is 0 Å². The first-order valence-corrected chi connectivity index (χ1v) is 7.86. The topological polar surface area (TPSA) is 69.7 Å². The minimum absolute atomic E-state index is 0.110. The smallest absolute Gasteiger partial charge is 0.326 e. The Kier molecular flexibility index (Phi) is 5.60. The van der Waals surface area contributed by atoms with E-state index < -0.39 is 0 Å². The van der Waals surface area contributed by atoms with E-state index in [9.17, 15) is 14.4 Å². The van der Waals surface area contributed by atoms with Gasteiger partial charge in [-0.2, -0.15) is 0 Å². The van der Waals surface area contributed by atoms with Crippen LogP contribution < -0.4 is 5.32 Å². The van der Waals surface area contributed by atoms with Crippen LogP contribution in [0, 0.1) is 0 Å². The highest BCUT2D eigenvalue weighted by molar-refractivity contribution is 6.30. The van der Waals surface area contributed by atoms with Crippen LogP contribution in [-0.4, -0.2) is 47.8 Å². The van der Waals surface area contributed by atoms with Gasteiger partial charge in [0.05, 0.1) is 6.04 Å². The Morgan fingerprint density at radius 3 is 2.52 bits per heavy atom. The van der Waals surface area contributed by atoms with Gasteiger partial charge in [0.2, 0.25) is 11.8 Å². The Labute approximate surface area is 140 Å². The van der Waals surface area contributed by atoms with Crippen LogP contribution in [0.1, 0.15) is 31.4 Å². The van der Waals surface area contributed by atoms with E-state index in [4.69, 9.17) is 11.6 Å². The van der Waals surface area contributed by atoms with Gasteiger partial charge < -0.3 is 10.2 Å². The number of carbonyl (C=O) groups is 3. The van der Waals surface area contributed by atoms with Crippen molar-refractivity contribution in [3.05, 3.63) is 34.9 Å². The van der Waals surface area contributed by atoms with E-state index in [1.54, 1.807) is 19.2 Å². The summed E-state index contributed by atoms with van der Waals surface area (Å²) in [5.41, 5.74) is 0.967. The SMILES string of the molecule is CC(NC(=O)CCCN1C(=O)CN(C)C1=O)c1ccc(Cl)cc1. The van der Waals surface area contributed by atoms with Crippen LogP contribution in [0.3, 0.4) is 0 Å². The minimum Gasteiger partial charge on any atom is -0.350 e. The zero-order valence-corrected chi connectivity index (χ0v) is 14.0. The number of hydrogen-bond donors (Lipinski definition) is 1. The summed E-state index contributed by atoms with van der Waals surface area (Å²) in [5, 5.41) is 3.54. The standard InChI is InChI=1S/C16H20ClN3O3/c1-11(12-5-7-13(17)8-6-12)18-14(21)4-3-9-20-15(22)10-19(2)16(20)23/h5-8,11H,3-4,9-10H2,1-2H3,(H,18,21). The molecule has 4 amide bonds. The molecule has 0 bridgehead atoms. The number of amides is 4. The lowest BCUT2D eigenvalue weighted by Gasteiger charge is -2.16. The summed E-state index contributed by atoms with van der Waals surface area (Å²) in [6.45, 7) is 2.27. The molecule has 0 radical (unpaired) electrons. The Balaban J connectivity index is 1.76. The first kappa shape index (κ1) is 17.3. The lowest BCUT2D eigenvalue weighted by Crippen LogP contribution is -2.33. The summed E-state index contributed by atoms with van der Waals surface area (Å²) in [6, 6.07) is 6.86. The maximum absolute atomic E-state index is 12.0. The van der Waals surface area contributed by atoms with Crippen LogP contribution in [0.4, 0.5) is 4.79 Å². The predicted molar refractivity (Wildman–Crippen MR) is 87.0 cm³/mol. The summed E-state index contributed by atoms with van der Waals surface area (Å²) in [4.78, 5) is 37.8. The molecule has 1 aliphatic heterocycles. The molecule has 1 aromatic carbocycles. The van der Waals surface area contributed by atoms with Crippen molar-refractivity contribution in [2.24, 2.45) is 0 Å². The summed E-state index contributed by atoms with van der Waals surface area (Å²) in [7, 11) is 1.58. The molecule has 2 rings (SSSR count). The van der Waals surface area contributed by atoms with Crippen LogP contribution in [0.15, 0.2) is 24.3 Å². The fourth-order valence-corrected chi connectivity index (χ4v) is 2.56. The van der Waals surface area contributed by atoms with E-state index in [1.165, 1.54) is 9.80 Å². The zero-order chi connectivity index (χ0) is 17.0. The van der Waals surface area contributed by atoms with Gasteiger partial charge in [-0.05, 0) is 31.0 Å². The van der Waals surface area contributed by atoms with Crippen molar-refractivity contribution >= 4 is 29.4 Å². The summed E-state index contributed by atoms with van der Waals surface area (Å²) in [6.07, 6.45) is 0.712. The molecule has 7 heteroatoms. The quantitative estimate of drug-likeness (QED) is 0.809. The number of benzene rings is 1. The Morgan fingerprint density at radius 2 is 1.96 bits per heavy atom. The van der Waals surface area contributed by atoms with Gasteiger partial charge in [0, 0.05) is 25.0 Å². The van der Waals surface area contributed by atoms with E-state index in [0.717, 1.165) is 5.56 Å². The Hall–Kier alpha value is -2.08. The highest BCUT2D eigenvalue weighted by Gasteiger charge is 2.32. The summed E-state index contributed by atoms with van der Waals surface area (Å²) < 4.78 is 0. The van der Waals surface area contributed by atoms with E-state index >= 15 is 0 Å². The molecule has 23 heavy (non-hydrogen) atoms. The van der Waals surface area contributed by atoms with Crippen molar-refractivity contribution in [1.29, 1.82) is 0 Å². The molecule has 0 aromatic heterocycles. The van der Waals surface area contributed by atoms with Gasteiger partial charge in [-0.15, -0.1) is 0 Å². The number of hydrogen-bond acceptors (Lipinski definition) is 3. The second-order valence-corrected chi connectivity index (χ2v) is 6.06. The number of nitrogens with zero attached hydrogens (tertiary/aromatic N) is 2. The van der Waals surface area contributed by atoms with Crippen LogP contribution >= 0.6 is 11.6 Å². The van der Waals surface area contributed by atoms with Crippen molar-refractivity contribution in [1.82, 2.24) is 15.1 Å². The number of rotatable bonds is 6. The van der Waals surface area contributed by atoms with Crippen molar-refractivity contribution in [2.75, 3.05) is 20.1 Å². The van der Waals surface area contributed by atoms with Crippen LogP contribution in [-0.2, 0) is 9.59 Å². The van der Waals surface area contributed by atoms with Crippen molar-refractivity contribution in [2.45, 2.75) is 25.8 Å². The zero-order valence-electron chi connectivity index (χ0n) is 13.2. The van der Waals surface area contributed by atoms with E-state index in [0.29, 0.717) is 11.4 Å². The summed E-state index contributed by atoms with van der Waals surface area (Å²) >= 11 is 5.84. The van der Waals surface area contributed by atoms with Gasteiger partial charge in [-0.3, -0.25) is 14.5 Å². The van der Waals surface area contributed by atoms with Crippen LogP contribution in [0.25, 0.3) is 0 Å². The van der Waals surface area contributed by atoms with E-state index in [-0.39, 0.29) is 43.4 Å². The number of likely N-dealkylation sites (N-methyl/N-ethyl adjacent to an activating group) is 1. The molecule has 1 unspecified atom stereocenters. The monoisotopic (exact) mass is 337 g/mol. The Bertz CT molecular complexity index is 603. The second kappa shape index (κ2) is 7.46. The fourth-order valence-electron chi connectivity index (χ4n) is 2.44. The number of imide groups is 1. The van der Waals surface area contributed by atoms with Crippen molar-refractivity contribution in [3.8, 4) is 0 Å². The number of urea groups is 1. The molecule has 0 saturated carbocycles. The largest absolute Gasteiger partial charge is 0.350 e. The summed E-state index contributed by atoms with van der Waals surface area (Å²) in [5.74, 6) is -0.327. The van der Waals surface area contributed by atoms with E-state index in [2.05, 4.69) is 5.32 Å². The molecular weight excluding hydrogens is 318 g/mol. The Morgan fingerprint density at radius 1 is 1.30 bits per heavy atom. The molecule has 1 aromatic rings. The van der Waals surface area contributed by atoms with Gasteiger partial charge in [0.25, 0.3) is 0 Å². The lowest BCUT2D eigenvalue weighted by atomic mass is 10.1.